The van der Waals surface area contributed by atoms with Crippen molar-refractivity contribution in [2.24, 2.45) is 0 Å². The average molecular weight is 367 g/mol. The fourth-order valence-corrected chi connectivity index (χ4v) is 5.53. The van der Waals surface area contributed by atoms with E-state index in [1.807, 2.05) is 17.6 Å². The third-order valence-electron chi connectivity index (χ3n) is 5.92. The van der Waals surface area contributed by atoms with Gasteiger partial charge in [0, 0.05) is 23.3 Å². The molecule has 0 N–H and O–H groups in total. The number of fused-ring (bicyclic) bond motifs is 4. The van der Waals surface area contributed by atoms with E-state index in [2.05, 4.69) is 30.8 Å². The molecule has 2 aromatic rings. The molecule has 0 aliphatic heterocycles. The Morgan fingerprint density at radius 3 is 2.77 bits per heavy atom. The van der Waals surface area contributed by atoms with Crippen molar-refractivity contribution < 1.29 is 0 Å². The molecule has 4 rings (SSSR count). The van der Waals surface area contributed by atoms with Gasteiger partial charge in [0.25, 0.3) is 5.56 Å². The van der Waals surface area contributed by atoms with Crippen molar-refractivity contribution in [2.75, 3.05) is 5.75 Å². The zero-order chi connectivity index (χ0) is 18.1. The molecule has 136 valence electrons. The van der Waals surface area contributed by atoms with Crippen molar-refractivity contribution in [3.63, 3.8) is 0 Å². The Balaban J connectivity index is 2.00. The van der Waals surface area contributed by atoms with E-state index in [1.54, 1.807) is 11.8 Å². The number of aromatic nitrogens is 2. The van der Waals surface area contributed by atoms with Gasteiger partial charge >= 0.3 is 0 Å². The Morgan fingerprint density at radius 1 is 1.27 bits per heavy atom. The summed E-state index contributed by atoms with van der Waals surface area (Å²) in [5.41, 5.74) is 4.59. The summed E-state index contributed by atoms with van der Waals surface area (Å²) < 4.78 is 1.87. The van der Waals surface area contributed by atoms with Crippen LogP contribution >= 0.6 is 11.8 Å². The molecule has 0 radical (unpaired) electrons. The molecular weight excluding hydrogens is 340 g/mol. The lowest BCUT2D eigenvalue weighted by atomic mass is 9.62. The van der Waals surface area contributed by atoms with Crippen LogP contribution in [0.2, 0.25) is 0 Å². The molecule has 2 aliphatic carbocycles. The van der Waals surface area contributed by atoms with Crippen LogP contribution in [-0.4, -0.2) is 15.3 Å². The van der Waals surface area contributed by atoms with Crippen LogP contribution in [0.4, 0.5) is 0 Å². The lowest BCUT2D eigenvalue weighted by Crippen LogP contribution is -2.43. The van der Waals surface area contributed by atoms with Crippen molar-refractivity contribution in [1.82, 2.24) is 9.55 Å². The van der Waals surface area contributed by atoms with Gasteiger partial charge in [-0.1, -0.05) is 61.4 Å². The molecule has 1 saturated carbocycles. The van der Waals surface area contributed by atoms with Crippen LogP contribution < -0.4 is 5.56 Å². The standard InChI is InChI=1S/C22H26N2OS/c1-3-14-26-21-23-19-17-11-7-6-10-16(17)15-22(12-8-5-9-13-22)18(19)20(25)24(21)4-2/h3,6-7,10-11H,1,4-5,8-9,12-15H2,2H3. The second kappa shape index (κ2) is 7.07. The number of hydrogen-bond acceptors (Lipinski definition) is 3. The van der Waals surface area contributed by atoms with Gasteiger partial charge in [-0.25, -0.2) is 4.98 Å². The van der Waals surface area contributed by atoms with Crippen LogP contribution in [0.3, 0.4) is 0 Å². The second-order valence-corrected chi connectivity index (χ2v) is 8.43. The Kier molecular flexibility index (Phi) is 4.78. The van der Waals surface area contributed by atoms with Gasteiger partial charge in [-0.05, 0) is 31.7 Å². The topological polar surface area (TPSA) is 34.9 Å². The Morgan fingerprint density at radius 2 is 2.04 bits per heavy atom. The van der Waals surface area contributed by atoms with Gasteiger partial charge in [-0.2, -0.15) is 0 Å². The largest absolute Gasteiger partial charge is 0.288 e. The lowest BCUT2D eigenvalue weighted by Gasteiger charge is -2.42. The smallest absolute Gasteiger partial charge is 0.258 e. The Bertz CT molecular complexity index is 894. The summed E-state index contributed by atoms with van der Waals surface area (Å²) in [6.45, 7) is 6.51. The molecule has 1 spiro atoms. The van der Waals surface area contributed by atoms with E-state index in [0.717, 1.165) is 47.0 Å². The van der Waals surface area contributed by atoms with Crippen molar-refractivity contribution in [3.05, 3.63) is 58.4 Å². The molecule has 1 aromatic carbocycles. The highest BCUT2D eigenvalue weighted by molar-refractivity contribution is 7.99. The highest BCUT2D eigenvalue weighted by Gasteiger charge is 2.43. The number of rotatable bonds is 4. The SMILES string of the molecule is C=CCSc1nc2c(c(=O)n1CC)C1(CCCCC1)Cc1ccccc1-2. The van der Waals surface area contributed by atoms with Crippen LogP contribution in [0, 0.1) is 0 Å². The van der Waals surface area contributed by atoms with Crippen LogP contribution in [0.25, 0.3) is 11.3 Å². The number of hydrogen-bond donors (Lipinski definition) is 0. The minimum atomic E-state index is -0.0232. The van der Waals surface area contributed by atoms with Gasteiger partial charge in [0.05, 0.1) is 11.3 Å². The summed E-state index contributed by atoms with van der Waals surface area (Å²) >= 11 is 1.60. The molecule has 1 aromatic heterocycles. The maximum absolute atomic E-state index is 13.6. The summed E-state index contributed by atoms with van der Waals surface area (Å²) in [5.74, 6) is 0.762. The molecule has 2 aliphatic rings. The molecule has 26 heavy (non-hydrogen) atoms. The van der Waals surface area contributed by atoms with Gasteiger partial charge in [0.2, 0.25) is 0 Å². The number of nitrogens with zero attached hydrogens (tertiary/aromatic N) is 2. The second-order valence-electron chi connectivity index (χ2n) is 7.44. The maximum atomic E-state index is 13.6. The quantitative estimate of drug-likeness (QED) is 0.435. The molecule has 1 heterocycles. The first-order valence-electron chi connectivity index (χ1n) is 9.67. The van der Waals surface area contributed by atoms with Gasteiger partial charge in [-0.3, -0.25) is 9.36 Å². The lowest BCUT2D eigenvalue weighted by molar-refractivity contribution is 0.282. The van der Waals surface area contributed by atoms with Gasteiger partial charge < -0.3 is 0 Å². The van der Waals surface area contributed by atoms with Crippen molar-refractivity contribution >= 4 is 11.8 Å². The van der Waals surface area contributed by atoms with E-state index in [0.29, 0.717) is 6.54 Å². The Hall–Kier alpha value is -1.81. The van der Waals surface area contributed by atoms with E-state index < -0.39 is 0 Å². The molecule has 0 atom stereocenters. The monoisotopic (exact) mass is 366 g/mol. The number of benzene rings is 1. The van der Waals surface area contributed by atoms with Crippen LogP contribution in [0.15, 0.2) is 46.9 Å². The molecular formula is C22H26N2OS. The summed E-state index contributed by atoms with van der Waals surface area (Å²) in [6.07, 6.45) is 8.76. The first-order valence-corrected chi connectivity index (χ1v) is 10.7. The predicted molar refractivity (Wildman–Crippen MR) is 109 cm³/mol. The van der Waals surface area contributed by atoms with E-state index in [4.69, 9.17) is 4.98 Å². The minimum Gasteiger partial charge on any atom is -0.288 e. The van der Waals surface area contributed by atoms with Gasteiger partial charge in [0.1, 0.15) is 0 Å². The average Bonchev–Trinajstić information content (AvgIpc) is 2.66. The Labute approximate surface area is 159 Å². The van der Waals surface area contributed by atoms with Gasteiger partial charge in [-0.15, -0.1) is 6.58 Å². The van der Waals surface area contributed by atoms with Crippen molar-refractivity contribution in [3.8, 4) is 11.3 Å². The molecule has 0 saturated heterocycles. The maximum Gasteiger partial charge on any atom is 0.258 e. The molecule has 3 nitrogen and oxygen atoms in total. The van der Waals surface area contributed by atoms with Gasteiger partial charge in [0.15, 0.2) is 5.16 Å². The van der Waals surface area contributed by atoms with Crippen LogP contribution in [-0.2, 0) is 18.4 Å². The first kappa shape index (κ1) is 17.6. The van der Waals surface area contributed by atoms with E-state index >= 15 is 0 Å². The van der Waals surface area contributed by atoms with Crippen molar-refractivity contribution in [2.45, 2.75) is 62.6 Å². The normalized spacial score (nSPS) is 17.6. The summed E-state index contributed by atoms with van der Waals surface area (Å²) in [4.78, 5) is 18.6. The first-order chi connectivity index (χ1) is 12.7. The highest BCUT2D eigenvalue weighted by atomic mass is 32.2. The third-order valence-corrected chi connectivity index (χ3v) is 6.90. The van der Waals surface area contributed by atoms with E-state index in [9.17, 15) is 4.79 Å². The van der Waals surface area contributed by atoms with E-state index in [-0.39, 0.29) is 11.0 Å². The summed E-state index contributed by atoms with van der Waals surface area (Å²) in [6, 6.07) is 8.53. The summed E-state index contributed by atoms with van der Waals surface area (Å²) in [7, 11) is 0. The number of thioether (sulfide) groups is 1. The summed E-state index contributed by atoms with van der Waals surface area (Å²) in [5, 5.41) is 0.818. The predicted octanol–water partition coefficient (Wildman–Crippen LogP) is 4.97. The van der Waals surface area contributed by atoms with Crippen LogP contribution in [0.5, 0.6) is 0 Å². The van der Waals surface area contributed by atoms with Crippen molar-refractivity contribution in [1.29, 1.82) is 0 Å². The molecule has 4 heteroatoms. The molecule has 0 amide bonds. The fourth-order valence-electron chi connectivity index (χ4n) is 4.74. The molecule has 0 unspecified atom stereocenters. The molecule has 0 bridgehead atoms. The van der Waals surface area contributed by atoms with E-state index in [1.165, 1.54) is 24.8 Å². The highest BCUT2D eigenvalue weighted by Crippen LogP contribution is 2.48. The fraction of sp³-hybridized carbons (Fsp3) is 0.455. The van der Waals surface area contributed by atoms with Crippen LogP contribution in [0.1, 0.15) is 50.2 Å². The zero-order valence-corrected chi connectivity index (χ0v) is 16.3. The molecule has 1 fully saturated rings. The minimum absolute atomic E-state index is 0.0232. The zero-order valence-electron chi connectivity index (χ0n) is 15.5. The third kappa shape index (κ3) is 2.75.